The normalized spacial score (nSPS) is 34.0. The zero-order chi connectivity index (χ0) is 12.3. The summed E-state index contributed by atoms with van der Waals surface area (Å²) in [5, 5.41) is 0. The highest BCUT2D eigenvalue weighted by Gasteiger charge is 2.30. The lowest BCUT2D eigenvalue weighted by Gasteiger charge is -2.38. The van der Waals surface area contributed by atoms with Crippen LogP contribution in [0.5, 0.6) is 0 Å². The van der Waals surface area contributed by atoms with Gasteiger partial charge in [0.15, 0.2) is 0 Å². The first-order valence-electron chi connectivity index (χ1n) is 6.43. The van der Waals surface area contributed by atoms with Crippen molar-refractivity contribution in [3.63, 3.8) is 0 Å². The largest absolute Gasteiger partial charge is 0.378 e. The number of amides is 1. The Labute approximate surface area is 102 Å². The Bertz CT molecular complexity index is 266. The monoisotopic (exact) mass is 242 g/mol. The summed E-state index contributed by atoms with van der Waals surface area (Å²) in [5.74, 6) is 0.172. The predicted octanol–water partition coefficient (Wildman–Crippen LogP) is 0.130. The van der Waals surface area contributed by atoms with Crippen LogP contribution in [-0.2, 0) is 14.3 Å². The van der Waals surface area contributed by atoms with E-state index in [-0.39, 0.29) is 24.2 Å². The fourth-order valence-electron chi connectivity index (χ4n) is 2.42. The second kappa shape index (κ2) is 5.80. The Morgan fingerprint density at radius 1 is 1.41 bits per heavy atom. The summed E-state index contributed by atoms with van der Waals surface area (Å²) in [6.45, 7) is 4.47. The highest BCUT2D eigenvalue weighted by atomic mass is 16.5. The van der Waals surface area contributed by atoms with Crippen molar-refractivity contribution in [2.24, 2.45) is 5.73 Å². The Hall–Kier alpha value is -0.650. The van der Waals surface area contributed by atoms with Crippen molar-refractivity contribution >= 4 is 5.91 Å². The minimum atomic E-state index is -0.0142. The number of nitrogens with zero attached hydrogens (tertiary/aromatic N) is 1. The third-order valence-electron chi connectivity index (χ3n) is 3.52. The van der Waals surface area contributed by atoms with Crippen LogP contribution < -0.4 is 5.73 Å². The molecule has 0 spiro atoms. The molecule has 2 aliphatic rings. The minimum Gasteiger partial charge on any atom is -0.378 e. The fourth-order valence-corrected chi connectivity index (χ4v) is 2.42. The van der Waals surface area contributed by atoms with E-state index < -0.39 is 0 Å². The topological polar surface area (TPSA) is 64.8 Å². The third kappa shape index (κ3) is 3.18. The summed E-state index contributed by atoms with van der Waals surface area (Å²) in [7, 11) is 0. The van der Waals surface area contributed by atoms with E-state index in [9.17, 15) is 4.79 Å². The SMILES string of the molecule is CC1COC(CN)CN1C(=O)CC1CCCO1. The number of rotatable bonds is 3. The van der Waals surface area contributed by atoms with Crippen LogP contribution in [0.15, 0.2) is 0 Å². The van der Waals surface area contributed by atoms with E-state index >= 15 is 0 Å². The van der Waals surface area contributed by atoms with Gasteiger partial charge in [-0.05, 0) is 19.8 Å². The zero-order valence-electron chi connectivity index (χ0n) is 10.4. The number of carbonyl (C=O) groups is 1. The van der Waals surface area contributed by atoms with Gasteiger partial charge < -0.3 is 20.1 Å². The van der Waals surface area contributed by atoms with Gasteiger partial charge in [-0.25, -0.2) is 0 Å². The van der Waals surface area contributed by atoms with Crippen molar-refractivity contribution in [1.82, 2.24) is 4.90 Å². The number of hydrogen-bond acceptors (Lipinski definition) is 4. The molecule has 5 heteroatoms. The zero-order valence-corrected chi connectivity index (χ0v) is 10.4. The molecule has 0 radical (unpaired) electrons. The van der Waals surface area contributed by atoms with E-state index in [1.54, 1.807) is 0 Å². The lowest BCUT2D eigenvalue weighted by atomic mass is 10.1. The van der Waals surface area contributed by atoms with Gasteiger partial charge in [0.25, 0.3) is 0 Å². The maximum atomic E-state index is 12.2. The van der Waals surface area contributed by atoms with Crippen LogP contribution in [0.1, 0.15) is 26.2 Å². The van der Waals surface area contributed by atoms with Gasteiger partial charge in [0.1, 0.15) is 0 Å². The lowest BCUT2D eigenvalue weighted by molar-refractivity contribution is -0.145. The molecule has 0 aromatic heterocycles. The van der Waals surface area contributed by atoms with Gasteiger partial charge in [0.2, 0.25) is 5.91 Å². The molecule has 2 aliphatic heterocycles. The molecule has 2 fully saturated rings. The quantitative estimate of drug-likeness (QED) is 0.764. The van der Waals surface area contributed by atoms with E-state index in [1.807, 2.05) is 11.8 Å². The summed E-state index contributed by atoms with van der Waals surface area (Å²) in [6.07, 6.45) is 2.68. The second-order valence-corrected chi connectivity index (χ2v) is 4.93. The van der Waals surface area contributed by atoms with Crippen LogP contribution in [0.3, 0.4) is 0 Å². The van der Waals surface area contributed by atoms with Gasteiger partial charge in [-0.3, -0.25) is 4.79 Å². The van der Waals surface area contributed by atoms with E-state index in [0.717, 1.165) is 19.4 Å². The van der Waals surface area contributed by atoms with Crippen molar-refractivity contribution in [1.29, 1.82) is 0 Å². The van der Waals surface area contributed by atoms with Crippen molar-refractivity contribution in [2.45, 2.75) is 44.4 Å². The smallest absolute Gasteiger partial charge is 0.225 e. The van der Waals surface area contributed by atoms with Crippen LogP contribution in [0.25, 0.3) is 0 Å². The van der Waals surface area contributed by atoms with Gasteiger partial charge in [0.05, 0.1) is 31.3 Å². The van der Waals surface area contributed by atoms with Gasteiger partial charge in [-0.1, -0.05) is 0 Å². The summed E-state index contributed by atoms with van der Waals surface area (Å²) in [4.78, 5) is 14.1. The highest BCUT2D eigenvalue weighted by molar-refractivity contribution is 5.77. The Kier molecular flexibility index (Phi) is 4.36. The van der Waals surface area contributed by atoms with E-state index in [2.05, 4.69) is 0 Å². The Morgan fingerprint density at radius 2 is 2.24 bits per heavy atom. The second-order valence-electron chi connectivity index (χ2n) is 4.93. The molecule has 98 valence electrons. The number of hydrogen-bond donors (Lipinski definition) is 1. The molecule has 0 saturated carbocycles. The van der Waals surface area contributed by atoms with Crippen molar-refractivity contribution in [2.75, 3.05) is 26.3 Å². The lowest BCUT2D eigenvalue weighted by Crippen LogP contribution is -2.53. The number of nitrogens with two attached hydrogens (primary N) is 1. The van der Waals surface area contributed by atoms with Gasteiger partial charge in [-0.2, -0.15) is 0 Å². The maximum absolute atomic E-state index is 12.2. The first kappa shape index (κ1) is 12.8. The standard InChI is InChI=1S/C12H22N2O3/c1-9-8-17-11(6-13)7-14(9)12(15)5-10-3-2-4-16-10/h9-11H,2-8,13H2,1H3. The molecule has 0 aromatic carbocycles. The molecular weight excluding hydrogens is 220 g/mol. The van der Waals surface area contributed by atoms with Crippen LogP contribution in [0.2, 0.25) is 0 Å². The minimum absolute atomic E-state index is 0.0142. The van der Waals surface area contributed by atoms with Gasteiger partial charge >= 0.3 is 0 Å². The molecule has 2 saturated heterocycles. The maximum Gasteiger partial charge on any atom is 0.225 e. The molecule has 1 amide bonds. The molecule has 5 nitrogen and oxygen atoms in total. The summed E-state index contributed by atoms with van der Waals surface area (Å²) in [5.41, 5.74) is 5.59. The number of carbonyl (C=O) groups excluding carboxylic acids is 1. The molecule has 0 aliphatic carbocycles. The molecule has 2 heterocycles. The third-order valence-corrected chi connectivity index (χ3v) is 3.52. The fraction of sp³-hybridized carbons (Fsp3) is 0.917. The van der Waals surface area contributed by atoms with Gasteiger partial charge in [-0.15, -0.1) is 0 Å². The predicted molar refractivity (Wildman–Crippen MR) is 63.6 cm³/mol. The van der Waals surface area contributed by atoms with Crippen LogP contribution >= 0.6 is 0 Å². The Balaban J connectivity index is 1.87. The van der Waals surface area contributed by atoms with E-state index in [4.69, 9.17) is 15.2 Å². The van der Waals surface area contributed by atoms with Gasteiger partial charge in [0, 0.05) is 19.7 Å². The molecule has 3 unspecified atom stereocenters. The van der Waals surface area contributed by atoms with Crippen molar-refractivity contribution < 1.29 is 14.3 Å². The average Bonchev–Trinajstić information content (AvgIpc) is 2.82. The number of ether oxygens (including phenoxy) is 2. The van der Waals surface area contributed by atoms with Crippen LogP contribution in [-0.4, -0.2) is 55.4 Å². The molecule has 2 N–H and O–H groups in total. The average molecular weight is 242 g/mol. The van der Waals surface area contributed by atoms with Crippen LogP contribution in [0, 0.1) is 0 Å². The van der Waals surface area contributed by atoms with Crippen molar-refractivity contribution in [3.05, 3.63) is 0 Å². The van der Waals surface area contributed by atoms with E-state index in [1.165, 1.54) is 0 Å². The molecular formula is C12H22N2O3. The van der Waals surface area contributed by atoms with E-state index in [0.29, 0.717) is 26.1 Å². The first-order valence-corrected chi connectivity index (χ1v) is 6.43. The highest BCUT2D eigenvalue weighted by Crippen LogP contribution is 2.19. The Morgan fingerprint density at radius 3 is 2.88 bits per heavy atom. The molecule has 17 heavy (non-hydrogen) atoms. The molecule has 2 rings (SSSR count). The summed E-state index contributed by atoms with van der Waals surface area (Å²) in [6, 6.07) is 0.145. The van der Waals surface area contributed by atoms with Crippen molar-refractivity contribution in [3.8, 4) is 0 Å². The van der Waals surface area contributed by atoms with Crippen LogP contribution in [0.4, 0.5) is 0 Å². The molecule has 0 bridgehead atoms. The summed E-state index contributed by atoms with van der Waals surface area (Å²) < 4.78 is 11.0. The molecule has 0 aromatic rings. The number of morpholine rings is 1. The summed E-state index contributed by atoms with van der Waals surface area (Å²) >= 11 is 0. The first-order chi connectivity index (χ1) is 8.20. The molecule has 3 atom stereocenters.